The molecule has 0 atom stereocenters. The van der Waals surface area contributed by atoms with Crippen LogP contribution in [0.1, 0.15) is 35.9 Å². The Balaban J connectivity index is 2.35. The number of pyridine rings is 1. The van der Waals surface area contributed by atoms with Crippen LogP contribution in [0.3, 0.4) is 0 Å². The lowest BCUT2D eigenvalue weighted by Crippen LogP contribution is -2.29. The van der Waals surface area contributed by atoms with E-state index in [0.29, 0.717) is 5.69 Å². The summed E-state index contributed by atoms with van der Waals surface area (Å²) in [4.78, 5) is 18.6. The smallest absolute Gasteiger partial charge is 0.272 e. The number of hydrogen-bond donors (Lipinski definition) is 0. The molecule has 0 aromatic carbocycles. The van der Waals surface area contributed by atoms with Crippen LogP contribution < -0.4 is 0 Å². The standard InChI is InChI=1S/C14H19N3O/c1-4-5-9-16(3)14(18)13-11(2)15-12-8-6-7-10-17(12)13/h6-8,10H,4-5,9H2,1-3H3. The summed E-state index contributed by atoms with van der Waals surface area (Å²) in [6.45, 7) is 4.79. The third-order valence-corrected chi connectivity index (χ3v) is 3.10. The number of amides is 1. The van der Waals surface area contributed by atoms with Crippen molar-refractivity contribution in [2.24, 2.45) is 0 Å². The Morgan fingerprint density at radius 1 is 1.44 bits per heavy atom. The molecule has 18 heavy (non-hydrogen) atoms. The van der Waals surface area contributed by atoms with E-state index < -0.39 is 0 Å². The van der Waals surface area contributed by atoms with Gasteiger partial charge in [-0.05, 0) is 25.5 Å². The van der Waals surface area contributed by atoms with Gasteiger partial charge in [-0.15, -0.1) is 0 Å². The van der Waals surface area contributed by atoms with Gasteiger partial charge in [0.2, 0.25) is 0 Å². The van der Waals surface area contributed by atoms with Gasteiger partial charge < -0.3 is 4.90 Å². The van der Waals surface area contributed by atoms with E-state index in [1.165, 1.54) is 0 Å². The Morgan fingerprint density at radius 3 is 2.94 bits per heavy atom. The summed E-state index contributed by atoms with van der Waals surface area (Å²) in [5.74, 6) is 0.0413. The van der Waals surface area contributed by atoms with Crippen LogP contribution in [0.25, 0.3) is 5.65 Å². The zero-order valence-electron chi connectivity index (χ0n) is 11.2. The highest BCUT2D eigenvalue weighted by molar-refractivity contribution is 5.94. The first-order valence-corrected chi connectivity index (χ1v) is 6.34. The van der Waals surface area contributed by atoms with Gasteiger partial charge in [0.25, 0.3) is 5.91 Å². The number of carbonyl (C=O) groups excluding carboxylic acids is 1. The van der Waals surface area contributed by atoms with Crippen LogP contribution in [-0.4, -0.2) is 33.8 Å². The van der Waals surface area contributed by atoms with Crippen LogP contribution >= 0.6 is 0 Å². The third kappa shape index (κ3) is 2.23. The summed E-state index contributed by atoms with van der Waals surface area (Å²) < 4.78 is 1.86. The molecule has 0 bridgehead atoms. The van der Waals surface area contributed by atoms with Crippen LogP contribution in [0.15, 0.2) is 24.4 Å². The molecular weight excluding hydrogens is 226 g/mol. The lowest BCUT2D eigenvalue weighted by atomic mass is 10.2. The highest BCUT2D eigenvalue weighted by atomic mass is 16.2. The van der Waals surface area contributed by atoms with E-state index in [2.05, 4.69) is 11.9 Å². The maximum Gasteiger partial charge on any atom is 0.272 e. The second kappa shape index (κ2) is 5.21. The molecule has 1 amide bonds. The maximum absolute atomic E-state index is 12.4. The van der Waals surface area contributed by atoms with E-state index in [0.717, 1.165) is 30.7 Å². The van der Waals surface area contributed by atoms with Gasteiger partial charge in [-0.1, -0.05) is 19.4 Å². The molecule has 4 nitrogen and oxygen atoms in total. The molecule has 96 valence electrons. The molecule has 0 unspecified atom stereocenters. The topological polar surface area (TPSA) is 37.6 Å². The largest absolute Gasteiger partial charge is 0.340 e. The van der Waals surface area contributed by atoms with E-state index in [9.17, 15) is 4.79 Å². The summed E-state index contributed by atoms with van der Waals surface area (Å²) in [5.41, 5.74) is 2.28. The van der Waals surface area contributed by atoms with Crippen molar-refractivity contribution in [2.75, 3.05) is 13.6 Å². The number of aromatic nitrogens is 2. The van der Waals surface area contributed by atoms with E-state index in [-0.39, 0.29) is 5.91 Å². The average molecular weight is 245 g/mol. The minimum Gasteiger partial charge on any atom is -0.340 e. The molecule has 2 aromatic rings. The van der Waals surface area contributed by atoms with Crippen molar-refractivity contribution in [3.63, 3.8) is 0 Å². The first kappa shape index (κ1) is 12.6. The Kier molecular flexibility index (Phi) is 3.65. The number of aryl methyl sites for hydroxylation is 1. The first-order chi connectivity index (χ1) is 8.65. The predicted octanol–water partition coefficient (Wildman–Crippen LogP) is 2.51. The van der Waals surface area contributed by atoms with Gasteiger partial charge in [0.1, 0.15) is 11.3 Å². The zero-order chi connectivity index (χ0) is 13.1. The summed E-state index contributed by atoms with van der Waals surface area (Å²) in [7, 11) is 1.85. The lowest BCUT2D eigenvalue weighted by molar-refractivity contribution is 0.0785. The molecule has 0 spiro atoms. The first-order valence-electron chi connectivity index (χ1n) is 6.34. The molecule has 0 aliphatic rings. The normalized spacial score (nSPS) is 10.8. The number of hydrogen-bond acceptors (Lipinski definition) is 2. The van der Waals surface area contributed by atoms with Gasteiger partial charge in [-0.25, -0.2) is 4.98 Å². The van der Waals surface area contributed by atoms with Crippen molar-refractivity contribution in [1.29, 1.82) is 0 Å². The molecule has 0 radical (unpaired) electrons. The van der Waals surface area contributed by atoms with Crippen LogP contribution in [0.5, 0.6) is 0 Å². The van der Waals surface area contributed by atoms with Gasteiger partial charge in [0, 0.05) is 19.8 Å². The van der Waals surface area contributed by atoms with Crippen LogP contribution in [0.4, 0.5) is 0 Å². The minimum atomic E-state index is 0.0413. The summed E-state index contributed by atoms with van der Waals surface area (Å²) >= 11 is 0. The summed E-state index contributed by atoms with van der Waals surface area (Å²) in [5, 5.41) is 0. The molecule has 2 heterocycles. The van der Waals surface area contributed by atoms with Crippen LogP contribution in [0.2, 0.25) is 0 Å². The predicted molar refractivity (Wildman–Crippen MR) is 71.8 cm³/mol. The molecule has 0 saturated carbocycles. The quantitative estimate of drug-likeness (QED) is 0.830. The number of carbonyl (C=O) groups is 1. The molecule has 2 rings (SSSR count). The molecule has 0 saturated heterocycles. The fourth-order valence-corrected chi connectivity index (χ4v) is 2.05. The van der Waals surface area contributed by atoms with Gasteiger partial charge in [0.15, 0.2) is 0 Å². The van der Waals surface area contributed by atoms with Crippen molar-refractivity contribution < 1.29 is 4.79 Å². The minimum absolute atomic E-state index is 0.0413. The molecule has 4 heteroatoms. The number of nitrogens with zero attached hydrogens (tertiary/aromatic N) is 3. The Labute approximate surface area is 107 Å². The van der Waals surface area contributed by atoms with Crippen molar-refractivity contribution >= 4 is 11.6 Å². The van der Waals surface area contributed by atoms with Gasteiger partial charge in [-0.3, -0.25) is 9.20 Å². The van der Waals surface area contributed by atoms with E-state index in [4.69, 9.17) is 0 Å². The van der Waals surface area contributed by atoms with E-state index in [1.807, 2.05) is 42.8 Å². The molecule has 0 aliphatic heterocycles. The zero-order valence-corrected chi connectivity index (χ0v) is 11.2. The summed E-state index contributed by atoms with van der Waals surface area (Å²) in [6.07, 6.45) is 4.00. The van der Waals surface area contributed by atoms with Crippen molar-refractivity contribution in [3.05, 3.63) is 35.8 Å². The van der Waals surface area contributed by atoms with E-state index in [1.54, 1.807) is 4.90 Å². The SMILES string of the molecule is CCCCN(C)C(=O)c1c(C)nc2ccccn12. The van der Waals surface area contributed by atoms with Crippen LogP contribution in [-0.2, 0) is 0 Å². The second-order valence-electron chi connectivity index (χ2n) is 4.55. The van der Waals surface area contributed by atoms with Crippen molar-refractivity contribution in [3.8, 4) is 0 Å². The van der Waals surface area contributed by atoms with Gasteiger partial charge >= 0.3 is 0 Å². The number of unbranched alkanes of at least 4 members (excludes halogenated alkanes) is 1. The highest BCUT2D eigenvalue weighted by Gasteiger charge is 2.19. The molecule has 0 fully saturated rings. The number of imidazole rings is 1. The number of fused-ring (bicyclic) bond motifs is 1. The van der Waals surface area contributed by atoms with Crippen LogP contribution in [0, 0.1) is 6.92 Å². The monoisotopic (exact) mass is 245 g/mol. The van der Waals surface area contributed by atoms with Crippen molar-refractivity contribution in [1.82, 2.24) is 14.3 Å². The molecular formula is C14H19N3O. The summed E-state index contributed by atoms with van der Waals surface area (Å²) in [6, 6.07) is 5.75. The Bertz CT molecular complexity index is 559. The second-order valence-corrected chi connectivity index (χ2v) is 4.55. The lowest BCUT2D eigenvalue weighted by Gasteiger charge is -2.16. The Morgan fingerprint density at radius 2 is 2.22 bits per heavy atom. The molecule has 0 aliphatic carbocycles. The fraction of sp³-hybridized carbons (Fsp3) is 0.429. The average Bonchev–Trinajstić information content (AvgIpc) is 2.70. The Hall–Kier alpha value is -1.84. The third-order valence-electron chi connectivity index (χ3n) is 3.10. The molecule has 0 N–H and O–H groups in total. The van der Waals surface area contributed by atoms with Gasteiger partial charge in [-0.2, -0.15) is 0 Å². The maximum atomic E-state index is 12.4. The fourth-order valence-electron chi connectivity index (χ4n) is 2.05. The van der Waals surface area contributed by atoms with E-state index >= 15 is 0 Å². The highest BCUT2D eigenvalue weighted by Crippen LogP contribution is 2.13. The number of rotatable bonds is 4. The van der Waals surface area contributed by atoms with Gasteiger partial charge in [0.05, 0.1) is 5.69 Å². The molecule has 2 aromatic heterocycles. The van der Waals surface area contributed by atoms with Crippen molar-refractivity contribution in [2.45, 2.75) is 26.7 Å².